The summed E-state index contributed by atoms with van der Waals surface area (Å²) in [5, 5.41) is 4.12. The van der Waals surface area contributed by atoms with Crippen LogP contribution in [0.5, 0.6) is 0 Å². The average molecular weight is 261 g/mol. The minimum atomic E-state index is 0.773. The van der Waals surface area contributed by atoms with Crippen LogP contribution in [0.25, 0.3) is 0 Å². The van der Waals surface area contributed by atoms with Crippen molar-refractivity contribution in [3.63, 3.8) is 0 Å². The molecule has 3 N–H and O–H groups in total. The van der Waals surface area contributed by atoms with Gasteiger partial charge in [0.05, 0.1) is 11.4 Å². The zero-order valence-electron chi connectivity index (χ0n) is 10.4. The van der Waals surface area contributed by atoms with E-state index in [1.165, 1.54) is 11.1 Å². The Morgan fingerprint density at radius 3 is 2.50 bits per heavy atom. The summed E-state index contributed by atoms with van der Waals surface area (Å²) in [5.74, 6) is 0. The molecule has 0 aromatic heterocycles. The standard InChI is InChI=1S/C15H17ClN2/c1-11-2-7-15(14(17)10-11)18-9-8-12-3-5-13(16)6-4-12/h2-7,10,18H,8-9,17H2,1H3. The molecule has 0 saturated carbocycles. The zero-order chi connectivity index (χ0) is 13.0. The summed E-state index contributed by atoms with van der Waals surface area (Å²) in [6.07, 6.45) is 0.949. The SMILES string of the molecule is Cc1ccc(NCCc2ccc(Cl)cc2)c(N)c1. The van der Waals surface area contributed by atoms with Crippen LogP contribution in [-0.2, 0) is 6.42 Å². The topological polar surface area (TPSA) is 38.0 Å². The molecule has 0 spiro atoms. The maximum atomic E-state index is 5.94. The minimum absolute atomic E-state index is 0.773. The van der Waals surface area contributed by atoms with Gasteiger partial charge >= 0.3 is 0 Å². The van der Waals surface area contributed by atoms with Gasteiger partial charge in [0, 0.05) is 11.6 Å². The lowest BCUT2D eigenvalue weighted by atomic mass is 10.1. The average Bonchev–Trinajstić information content (AvgIpc) is 2.34. The van der Waals surface area contributed by atoms with Gasteiger partial charge in [-0.3, -0.25) is 0 Å². The van der Waals surface area contributed by atoms with Crippen molar-refractivity contribution in [2.24, 2.45) is 0 Å². The van der Waals surface area contributed by atoms with Crippen LogP contribution >= 0.6 is 11.6 Å². The molecule has 2 nitrogen and oxygen atoms in total. The molecule has 0 aliphatic heterocycles. The second-order valence-corrected chi connectivity index (χ2v) is 4.83. The molecule has 2 aromatic carbocycles. The third kappa shape index (κ3) is 3.41. The molecule has 2 rings (SSSR count). The van der Waals surface area contributed by atoms with Crippen LogP contribution in [0.2, 0.25) is 5.02 Å². The molecule has 0 heterocycles. The number of halogens is 1. The molecule has 94 valence electrons. The van der Waals surface area contributed by atoms with E-state index in [0.717, 1.165) is 29.4 Å². The number of hydrogen-bond donors (Lipinski definition) is 2. The fourth-order valence-electron chi connectivity index (χ4n) is 1.84. The Bertz CT molecular complexity index is 521. The molecule has 0 radical (unpaired) electrons. The summed E-state index contributed by atoms with van der Waals surface area (Å²) in [4.78, 5) is 0. The monoisotopic (exact) mass is 260 g/mol. The van der Waals surface area contributed by atoms with Gasteiger partial charge in [-0.25, -0.2) is 0 Å². The van der Waals surface area contributed by atoms with E-state index in [1.54, 1.807) is 0 Å². The van der Waals surface area contributed by atoms with Crippen LogP contribution in [0.3, 0.4) is 0 Å². The first-order valence-electron chi connectivity index (χ1n) is 5.99. The Morgan fingerprint density at radius 2 is 1.83 bits per heavy atom. The number of hydrogen-bond acceptors (Lipinski definition) is 2. The van der Waals surface area contributed by atoms with Crippen molar-refractivity contribution in [3.05, 3.63) is 58.6 Å². The second kappa shape index (κ2) is 5.78. The molecule has 0 bridgehead atoms. The van der Waals surface area contributed by atoms with Gasteiger partial charge in [-0.2, -0.15) is 0 Å². The summed E-state index contributed by atoms with van der Waals surface area (Å²) in [6, 6.07) is 14.0. The highest BCUT2D eigenvalue weighted by Crippen LogP contribution is 2.19. The number of anilines is 2. The molecular formula is C15H17ClN2. The fourth-order valence-corrected chi connectivity index (χ4v) is 1.96. The number of aryl methyl sites for hydroxylation is 1. The minimum Gasteiger partial charge on any atom is -0.397 e. The summed E-state index contributed by atoms with van der Waals surface area (Å²) < 4.78 is 0. The van der Waals surface area contributed by atoms with E-state index in [-0.39, 0.29) is 0 Å². The molecule has 0 saturated heterocycles. The van der Waals surface area contributed by atoms with E-state index in [1.807, 2.05) is 43.3 Å². The third-order valence-corrected chi connectivity index (χ3v) is 3.10. The molecular weight excluding hydrogens is 244 g/mol. The van der Waals surface area contributed by atoms with Gasteiger partial charge < -0.3 is 11.1 Å². The van der Waals surface area contributed by atoms with Crippen LogP contribution in [0.1, 0.15) is 11.1 Å². The molecule has 0 aliphatic rings. The Labute approximate surface area is 113 Å². The number of nitrogen functional groups attached to an aromatic ring is 1. The van der Waals surface area contributed by atoms with Crippen molar-refractivity contribution in [1.82, 2.24) is 0 Å². The van der Waals surface area contributed by atoms with Crippen LogP contribution in [0.15, 0.2) is 42.5 Å². The quantitative estimate of drug-likeness (QED) is 0.819. The Balaban J connectivity index is 1.90. The summed E-state index contributed by atoms with van der Waals surface area (Å²) in [5.41, 5.74) is 10.2. The van der Waals surface area contributed by atoms with E-state index < -0.39 is 0 Å². The van der Waals surface area contributed by atoms with Crippen molar-refractivity contribution in [2.45, 2.75) is 13.3 Å². The number of nitrogens with two attached hydrogens (primary N) is 1. The van der Waals surface area contributed by atoms with Gasteiger partial charge in [-0.15, -0.1) is 0 Å². The van der Waals surface area contributed by atoms with Crippen LogP contribution < -0.4 is 11.1 Å². The predicted molar refractivity (Wildman–Crippen MR) is 79.2 cm³/mol. The molecule has 3 heteroatoms. The highest BCUT2D eigenvalue weighted by atomic mass is 35.5. The summed E-state index contributed by atoms with van der Waals surface area (Å²) in [7, 11) is 0. The van der Waals surface area contributed by atoms with Gasteiger partial charge in [-0.1, -0.05) is 29.8 Å². The third-order valence-electron chi connectivity index (χ3n) is 2.85. The lowest BCUT2D eigenvalue weighted by molar-refractivity contribution is 1.02. The van der Waals surface area contributed by atoms with Gasteiger partial charge in [0.2, 0.25) is 0 Å². The first-order chi connectivity index (χ1) is 8.65. The largest absolute Gasteiger partial charge is 0.397 e. The Hall–Kier alpha value is -1.67. The predicted octanol–water partition coefficient (Wildman–Crippen LogP) is 3.89. The van der Waals surface area contributed by atoms with E-state index in [2.05, 4.69) is 11.4 Å². The molecule has 0 atom stereocenters. The summed E-state index contributed by atoms with van der Waals surface area (Å²) >= 11 is 5.85. The maximum absolute atomic E-state index is 5.94. The van der Waals surface area contributed by atoms with E-state index >= 15 is 0 Å². The Morgan fingerprint density at radius 1 is 1.11 bits per heavy atom. The van der Waals surface area contributed by atoms with Crippen molar-refractivity contribution in [3.8, 4) is 0 Å². The number of nitrogens with one attached hydrogen (secondary N) is 1. The van der Waals surface area contributed by atoms with Crippen molar-refractivity contribution in [2.75, 3.05) is 17.6 Å². The fraction of sp³-hybridized carbons (Fsp3) is 0.200. The van der Waals surface area contributed by atoms with E-state index in [0.29, 0.717) is 0 Å². The first-order valence-corrected chi connectivity index (χ1v) is 6.37. The lowest BCUT2D eigenvalue weighted by Crippen LogP contribution is -2.06. The number of benzene rings is 2. The maximum Gasteiger partial charge on any atom is 0.0574 e. The summed E-state index contributed by atoms with van der Waals surface area (Å²) in [6.45, 7) is 2.89. The van der Waals surface area contributed by atoms with Crippen molar-refractivity contribution in [1.29, 1.82) is 0 Å². The van der Waals surface area contributed by atoms with E-state index in [4.69, 9.17) is 17.3 Å². The van der Waals surface area contributed by atoms with Crippen LogP contribution in [0.4, 0.5) is 11.4 Å². The lowest BCUT2D eigenvalue weighted by Gasteiger charge is -2.10. The Kier molecular flexibility index (Phi) is 4.11. The van der Waals surface area contributed by atoms with Gasteiger partial charge in [-0.05, 0) is 48.7 Å². The van der Waals surface area contributed by atoms with Crippen molar-refractivity contribution >= 4 is 23.0 Å². The molecule has 0 amide bonds. The van der Waals surface area contributed by atoms with Gasteiger partial charge in [0.15, 0.2) is 0 Å². The molecule has 0 unspecified atom stereocenters. The van der Waals surface area contributed by atoms with Gasteiger partial charge in [0.1, 0.15) is 0 Å². The molecule has 0 fully saturated rings. The van der Waals surface area contributed by atoms with Gasteiger partial charge in [0.25, 0.3) is 0 Å². The van der Waals surface area contributed by atoms with Crippen LogP contribution in [0, 0.1) is 6.92 Å². The first kappa shape index (κ1) is 12.8. The van der Waals surface area contributed by atoms with E-state index in [9.17, 15) is 0 Å². The number of rotatable bonds is 4. The normalized spacial score (nSPS) is 10.3. The van der Waals surface area contributed by atoms with Crippen LogP contribution in [-0.4, -0.2) is 6.54 Å². The molecule has 0 aliphatic carbocycles. The highest BCUT2D eigenvalue weighted by Gasteiger charge is 1.99. The second-order valence-electron chi connectivity index (χ2n) is 4.39. The van der Waals surface area contributed by atoms with Crippen molar-refractivity contribution < 1.29 is 0 Å². The molecule has 2 aromatic rings. The smallest absolute Gasteiger partial charge is 0.0574 e. The highest BCUT2D eigenvalue weighted by molar-refractivity contribution is 6.30. The molecule has 18 heavy (non-hydrogen) atoms. The zero-order valence-corrected chi connectivity index (χ0v) is 11.2.